The first-order valence-electron chi connectivity index (χ1n) is 7.96. The fourth-order valence-electron chi connectivity index (χ4n) is 2.69. The lowest BCUT2D eigenvalue weighted by atomic mass is 9.98. The van der Waals surface area contributed by atoms with Gasteiger partial charge in [-0.05, 0) is 37.8 Å². The number of nitrogens with one attached hydrogen (secondary N) is 1. The van der Waals surface area contributed by atoms with Crippen LogP contribution in [0.5, 0.6) is 0 Å². The second-order valence-electron chi connectivity index (χ2n) is 6.24. The number of rotatable bonds is 5. The SMILES string of the molecule is CC1CCN(c2ccc(C(=O)N[C@@H](C)CN)cc2[N+](=O)[O-])CC1.Cl. The maximum Gasteiger partial charge on any atom is 0.293 e. The number of benzene rings is 1. The van der Waals surface area contributed by atoms with Crippen molar-refractivity contribution >= 4 is 29.7 Å². The van der Waals surface area contributed by atoms with Gasteiger partial charge in [0.05, 0.1) is 4.92 Å². The van der Waals surface area contributed by atoms with Crippen molar-refractivity contribution in [1.82, 2.24) is 5.32 Å². The normalized spacial score (nSPS) is 16.2. The minimum atomic E-state index is -0.420. The van der Waals surface area contributed by atoms with Crippen molar-refractivity contribution in [2.75, 3.05) is 24.5 Å². The van der Waals surface area contributed by atoms with Crippen LogP contribution >= 0.6 is 12.4 Å². The molecule has 1 aliphatic heterocycles. The van der Waals surface area contributed by atoms with E-state index in [1.54, 1.807) is 19.1 Å². The molecule has 2 rings (SSSR count). The number of hydrogen-bond donors (Lipinski definition) is 2. The van der Waals surface area contributed by atoms with Crippen molar-refractivity contribution in [3.8, 4) is 0 Å². The number of halogens is 1. The van der Waals surface area contributed by atoms with Gasteiger partial charge in [0.15, 0.2) is 0 Å². The zero-order valence-electron chi connectivity index (χ0n) is 14.0. The minimum Gasteiger partial charge on any atom is -0.366 e. The summed E-state index contributed by atoms with van der Waals surface area (Å²) in [6, 6.07) is 4.49. The van der Waals surface area contributed by atoms with Crippen LogP contribution in [0.25, 0.3) is 0 Å². The Morgan fingerprint density at radius 2 is 2.08 bits per heavy atom. The van der Waals surface area contributed by atoms with Gasteiger partial charge >= 0.3 is 0 Å². The smallest absolute Gasteiger partial charge is 0.293 e. The monoisotopic (exact) mass is 356 g/mol. The summed E-state index contributed by atoms with van der Waals surface area (Å²) >= 11 is 0. The Morgan fingerprint density at radius 3 is 2.62 bits per heavy atom. The summed E-state index contributed by atoms with van der Waals surface area (Å²) in [5.74, 6) is 0.304. The van der Waals surface area contributed by atoms with Crippen LogP contribution in [0.1, 0.15) is 37.0 Å². The first-order chi connectivity index (χ1) is 10.9. The molecule has 0 spiro atoms. The molecule has 1 heterocycles. The van der Waals surface area contributed by atoms with Gasteiger partial charge in [-0.15, -0.1) is 12.4 Å². The van der Waals surface area contributed by atoms with Gasteiger partial charge in [0.1, 0.15) is 5.69 Å². The molecule has 1 aromatic carbocycles. The lowest BCUT2D eigenvalue weighted by molar-refractivity contribution is -0.384. The van der Waals surface area contributed by atoms with E-state index in [0.717, 1.165) is 25.9 Å². The third-order valence-electron chi connectivity index (χ3n) is 4.29. The molecule has 1 fully saturated rings. The molecule has 0 unspecified atom stereocenters. The second-order valence-corrected chi connectivity index (χ2v) is 6.24. The van der Waals surface area contributed by atoms with E-state index in [1.165, 1.54) is 6.07 Å². The highest BCUT2D eigenvalue weighted by Crippen LogP contribution is 2.32. The molecule has 0 saturated carbocycles. The average Bonchev–Trinajstić information content (AvgIpc) is 2.54. The molecule has 3 N–H and O–H groups in total. The third-order valence-corrected chi connectivity index (χ3v) is 4.29. The van der Waals surface area contributed by atoms with E-state index < -0.39 is 4.92 Å². The van der Waals surface area contributed by atoms with Crippen molar-refractivity contribution < 1.29 is 9.72 Å². The van der Waals surface area contributed by atoms with Crippen LogP contribution in [0, 0.1) is 16.0 Å². The molecule has 24 heavy (non-hydrogen) atoms. The topological polar surface area (TPSA) is 102 Å². The summed E-state index contributed by atoms with van der Waals surface area (Å²) in [6.45, 7) is 5.90. The molecule has 0 aromatic heterocycles. The number of hydrogen-bond acceptors (Lipinski definition) is 5. The fourth-order valence-corrected chi connectivity index (χ4v) is 2.69. The molecule has 1 atom stereocenters. The molecule has 0 radical (unpaired) electrons. The first kappa shape index (κ1) is 20.2. The van der Waals surface area contributed by atoms with Gasteiger partial charge in [0.25, 0.3) is 11.6 Å². The molecule has 0 aliphatic carbocycles. The Hall–Kier alpha value is -1.86. The van der Waals surface area contributed by atoms with Crippen LogP contribution in [0.15, 0.2) is 18.2 Å². The highest BCUT2D eigenvalue weighted by atomic mass is 35.5. The van der Waals surface area contributed by atoms with Crippen molar-refractivity contribution in [3.05, 3.63) is 33.9 Å². The number of piperidine rings is 1. The van der Waals surface area contributed by atoms with Crippen LogP contribution in [-0.4, -0.2) is 36.5 Å². The summed E-state index contributed by atoms with van der Waals surface area (Å²) in [5, 5.41) is 14.1. The van der Waals surface area contributed by atoms with E-state index in [9.17, 15) is 14.9 Å². The highest BCUT2D eigenvalue weighted by molar-refractivity contribution is 5.96. The average molecular weight is 357 g/mol. The van der Waals surface area contributed by atoms with Crippen LogP contribution in [0.4, 0.5) is 11.4 Å². The highest BCUT2D eigenvalue weighted by Gasteiger charge is 2.24. The Balaban J connectivity index is 0.00000288. The first-order valence-corrected chi connectivity index (χ1v) is 7.96. The number of nitrogens with zero attached hydrogens (tertiary/aromatic N) is 2. The van der Waals surface area contributed by atoms with E-state index in [1.807, 2.05) is 4.90 Å². The molecule has 1 saturated heterocycles. The van der Waals surface area contributed by atoms with Crippen molar-refractivity contribution in [2.45, 2.75) is 32.7 Å². The Kier molecular flexibility index (Phi) is 7.44. The predicted octanol–water partition coefficient (Wildman–Crippen LogP) is 2.33. The number of nitrogens with two attached hydrogens (primary N) is 1. The zero-order valence-corrected chi connectivity index (χ0v) is 14.8. The summed E-state index contributed by atoms with van der Waals surface area (Å²) in [5.41, 5.74) is 6.33. The molecule has 7 nitrogen and oxygen atoms in total. The van der Waals surface area contributed by atoms with Crippen molar-refractivity contribution in [1.29, 1.82) is 0 Å². The molecular weight excluding hydrogens is 332 g/mol. The minimum absolute atomic E-state index is 0. The van der Waals surface area contributed by atoms with E-state index in [2.05, 4.69) is 12.2 Å². The van der Waals surface area contributed by atoms with Gasteiger partial charge in [-0.2, -0.15) is 0 Å². The Bertz CT molecular complexity index is 589. The summed E-state index contributed by atoms with van der Waals surface area (Å²) in [7, 11) is 0. The number of nitro benzene ring substituents is 1. The van der Waals surface area contributed by atoms with Gasteiger partial charge < -0.3 is 16.0 Å². The van der Waals surface area contributed by atoms with Gasteiger partial charge in [0.2, 0.25) is 0 Å². The fraction of sp³-hybridized carbons (Fsp3) is 0.562. The number of carbonyl (C=O) groups is 1. The van der Waals surface area contributed by atoms with E-state index >= 15 is 0 Å². The van der Waals surface area contributed by atoms with Crippen LogP contribution in [-0.2, 0) is 0 Å². The number of amides is 1. The molecule has 1 aliphatic rings. The lowest BCUT2D eigenvalue weighted by Crippen LogP contribution is -2.38. The number of carbonyl (C=O) groups excluding carboxylic acids is 1. The van der Waals surface area contributed by atoms with Crippen molar-refractivity contribution in [3.63, 3.8) is 0 Å². The lowest BCUT2D eigenvalue weighted by Gasteiger charge is -2.31. The van der Waals surface area contributed by atoms with Crippen LogP contribution < -0.4 is 16.0 Å². The number of anilines is 1. The molecule has 1 aromatic rings. The second kappa shape index (κ2) is 8.84. The predicted molar refractivity (Wildman–Crippen MR) is 96.9 cm³/mol. The van der Waals surface area contributed by atoms with E-state index in [0.29, 0.717) is 18.2 Å². The summed E-state index contributed by atoms with van der Waals surface area (Å²) in [4.78, 5) is 25.1. The quantitative estimate of drug-likeness (QED) is 0.622. The van der Waals surface area contributed by atoms with E-state index in [-0.39, 0.29) is 35.6 Å². The Labute approximate surface area is 148 Å². The largest absolute Gasteiger partial charge is 0.366 e. The third kappa shape index (κ3) is 4.82. The molecular formula is C16H25ClN4O3. The summed E-state index contributed by atoms with van der Waals surface area (Å²) in [6.07, 6.45) is 2.04. The molecule has 134 valence electrons. The van der Waals surface area contributed by atoms with Gasteiger partial charge in [-0.3, -0.25) is 14.9 Å². The standard InChI is InChI=1S/C16H24N4O3.ClH/c1-11-5-7-19(8-6-11)14-4-3-13(9-15(14)20(22)23)16(21)18-12(2)10-17;/h3-4,9,11-12H,5-8,10,17H2,1-2H3,(H,18,21);1H/t12-;/m0./s1. The van der Waals surface area contributed by atoms with Crippen LogP contribution in [0.3, 0.4) is 0 Å². The maximum atomic E-state index is 12.1. The molecule has 1 amide bonds. The van der Waals surface area contributed by atoms with Crippen molar-refractivity contribution in [2.24, 2.45) is 11.7 Å². The number of nitro groups is 1. The van der Waals surface area contributed by atoms with Gasteiger partial charge in [-0.1, -0.05) is 6.92 Å². The van der Waals surface area contributed by atoms with Gasteiger partial charge in [-0.25, -0.2) is 0 Å². The van der Waals surface area contributed by atoms with Crippen LogP contribution in [0.2, 0.25) is 0 Å². The van der Waals surface area contributed by atoms with Gasteiger partial charge in [0, 0.05) is 37.3 Å². The maximum absolute atomic E-state index is 12.1. The molecule has 8 heteroatoms. The molecule has 0 bridgehead atoms. The Morgan fingerprint density at radius 1 is 1.46 bits per heavy atom. The summed E-state index contributed by atoms with van der Waals surface area (Å²) < 4.78 is 0. The zero-order chi connectivity index (χ0) is 17.0. The van der Waals surface area contributed by atoms with E-state index in [4.69, 9.17) is 5.73 Å².